The molecule has 0 amide bonds. The molecule has 3 N–H and O–H groups in total. The van der Waals surface area contributed by atoms with Gasteiger partial charge in [-0.3, -0.25) is 4.99 Å². The van der Waals surface area contributed by atoms with Crippen LogP contribution in [0.15, 0.2) is 17.1 Å². The molecule has 1 atom stereocenters. The second kappa shape index (κ2) is 11.7. The minimum atomic E-state index is -0.627. The van der Waals surface area contributed by atoms with E-state index in [1.807, 2.05) is 13.0 Å². The van der Waals surface area contributed by atoms with E-state index in [4.69, 9.17) is 16.3 Å². The Bertz CT molecular complexity index is 466. The van der Waals surface area contributed by atoms with Gasteiger partial charge < -0.3 is 20.5 Å². The van der Waals surface area contributed by atoms with E-state index in [1.54, 1.807) is 6.07 Å². The zero-order valence-electron chi connectivity index (χ0n) is 14.1. The molecule has 132 valence electrons. The summed E-state index contributed by atoms with van der Waals surface area (Å²) in [4.78, 5) is 5.24. The van der Waals surface area contributed by atoms with Crippen LogP contribution in [-0.4, -0.2) is 43.9 Å². The van der Waals surface area contributed by atoms with Crippen molar-refractivity contribution >= 4 is 28.9 Å². The Hall–Kier alpha value is -0.820. The van der Waals surface area contributed by atoms with E-state index >= 15 is 0 Å². The van der Waals surface area contributed by atoms with Gasteiger partial charge in [0.25, 0.3) is 0 Å². The Morgan fingerprint density at radius 2 is 2.17 bits per heavy atom. The predicted octanol–water partition coefficient (Wildman–Crippen LogP) is 3.05. The Labute approximate surface area is 148 Å². The first kappa shape index (κ1) is 20.2. The highest BCUT2D eigenvalue weighted by atomic mass is 35.5. The Kier molecular flexibility index (Phi) is 10.3. The number of aliphatic hydroxyl groups is 1. The van der Waals surface area contributed by atoms with E-state index in [0.717, 1.165) is 37.6 Å². The molecule has 0 fully saturated rings. The monoisotopic (exact) mass is 361 g/mol. The van der Waals surface area contributed by atoms with Gasteiger partial charge in [-0.05, 0) is 31.4 Å². The maximum absolute atomic E-state index is 10.1. The molecule has 0 aliphatic rings. The highest BCUT2D eigenvalue weighted by Gasteiger charge is 2.10. The molecular weight excluding hydrogens is 334 g/mol. The standard InChI is InChI=1S/C16H28ClN3O2S/c1-4-18-16(19-8-5-9-22-11-12(2)3)20-10-13(21)14-6-7-15(17)23-14/h6-7,12-13,21H,4-5,8-11H2,1-3H3,(H2,18,19,20). The number of thiophene rings is 1. The average molecular weight is 362 g/mol. The molecule has 1 aromatic heterocycles. The summed E-state index contributed by atoms with van der Waals surface area (Å²) >= 11 is 7.26. The van der Waals surface area contributed by atoms with Gasteiger partial charge in [0.1, 0.15) is 6.10 Å². The van der Waals surface area contributed by atoms with E-state index in [2.05, 4.69) is 29.5 Å². The number of guanidine groups is 1. The summed E-state index contributed by atoms with van der Waals surface area (Å²) in [6, 6.07) is 3.62. The van der Waals surface area contributed by atoms with E-state index in [1.165, 1.54) is 11.3 Å². The molecule has 7 heteroatoms. The number of halogens is 1. The van der Waals surface area contributed by atoms with Crippen LogP contribution in [0.5, 0.6) is 0 Å². The van der Waals surface area contributed by atoms with Crippen LogP contribution in [0.2, 0.25) is 4.34 Å². The van der Waals surface area contributed by atoms with Crippen LogP contribution in [0.4, 0.5) is 0 Å². The quantitative estimate of drug-likeness (QED) is 0.340. The average Bonchev–Trinajstić information content (AvgIpc) is 2.94. The Morgan fingerprint density at radius 3 is 2.78 bits per heavy atom. The van der Waals surface area contributed by atoms with Gasteiger partial charge in [0.15, 0.2) is 5.96 Å². The van der Waals surface area contributed by atoms with Crippen molar-refractivity contribution in [3.8, 4) is 0 Å². The van der Waals surface area contributed by atoms with Gasteiger partial charge in [0, 0.05) is 31.2 Å². The van der Waals surface area contributed by atoms with Crippen LogP contribution in [-0.2, 0) is 4.74 Å². The van der Waals surface area contributed by atoms with Crippen molar-refractivity contribution in [1.82, 2.24) is 10.6 Å². The molecule has 23 heavy (non-hydrogen) atoms. The number of nitrogens with one attached hydrogen (secondary N) is 2. The van der Waals surface area contributed by atoms with Gasteiger partial charge in [-0.1, -0.05) is 25.4 Å². The summed E-state index contributed by atoms with van der Waals surface area (Å²) < 4.78 is 6.22. The zero-order valence-corrected chi connectivity index (χ0v) is 15.7. The lowest BCUT2D eigenvalue weighted by Gasteiger charge is -2.13. The van der Waals surface area contributed by atoms with Gasteiger partial charge >= 0.3 is 0 Å². The number of aliphatic imine (C=N–C) groups is 1. The predicted molar refractivity (Wildman–Crippen MR) is 98.5 cm³/mol. The molecular formula is C16H28ClN3O2S. The van der Waals surface area contributed by atoms with E-state index in [-0.39, 0.29) is 0 Å². The minimum absolute atomic E-state index is 0.302. The fraction of sp³-hybridized carbons (Fsp3) is 0.688. The number of nitrogens with zero attached hydrogens (tertiary/aromatic N) is 1. The summed E-state index contributed by atoms with van der Waals surface area (Å²) in [6.45, 7) is 9.68. The normalized spacial score (nSPS) is 13.4. The first-order chi connectivity index (χ1) is 11.0. The van der Waals surface area contributed by atoms with Gasteiger partial charge in [0.05, 0.1) is 10.9 Å². The van der Waals surface area contributed by atoms with Gasteiger partial charge in [-0.15, -0.1) is 11.3 Å². The van der Waals surface area contributed by atoms with Crippen LogP contribution in [0, 0.1) is 5.92 Å². The largest absolute Gasteiger partial charge is 0.386 e. The fourth-order valence-corrected chi connectivity index (χ4v) is 2.86. The SMILES string of the molecule is CCNC(=NCC(O)c1ccc(Cl)s1)NCCCOCC(C)C. The number of ether oxygens (including phenoxy) is 1. The van der Waals surface area contributed by atoms with Crippen LogP contribution in [0.1, 0.15) is 38.2 Å². The first-order valence-corrected chi connectivity index (χ1v) is 9.25. The zero-order chi connectivity index (χ0) is 17.1. The highest BCUT2D eigenvalue weighted by Crippen LogP contribution is 2.26. The minimum Gasteiger partial charge on any atom is -0.386 e. The molecule has 0 spiro atoms. The molecule has 0 aromatic carbocycles. The van der Waals surface area contributed by atoms with Gasteiger partial charge in [-0.2, -0.15) is 0 Å². The summed E-state index contributed by atoms with van der Waals surface area (Å²) in [7, 11) is 0. The number of hydrogen-bond acceptors (Lipinski definition) is 4. The summed E-state index contributed by atoms with van der Waals surface area (Å²) in [5.41, 5.74) is 0. The first-order valence-electron chi connectivity index (χ1n) is 8.06. The third-order valence-electron chi connectivity index (χ3n) is 2.90. The number of aliphatic hydroxyl groups excluding tert-OH is 1. The molecule has 5 nitrogen and oxygen atoms in total. The van der Waals surface area contributed by atoms with Crippen LogP contribution >= 0.6 is 22.9 Å². The number of rotatable bonds is 10. The van der Waals surface area contributed by atoms with Crippen LogP contribution < -0.4 is 10.6 Å². The third-order valence-corrected chi connectivity index (χ3v) is 4.23. The lowest BCUT2D eigenvalue weighted by molar-refractivity contribution is 0.108. The molecule has 1 heterocycles. The summed E-state index contributed by atoms with van der Waals surface area (Å²) in [5.74, 6) is 1.27. The Morgan fingerprint density at radius 1 is 1.39 bits per heavy atom. The molecule has 1 rings (SSSR count). The third kappa shape index (κ3) is 9.15. The van der Waals surface area contributed by atoms with Crippen LogP contribution in [0.25, 0.3) is 0 Å². The molecule has 0 saturated carbocycles. The fourth-order valence-electron chi connectivity index (χ4n) is 1.82. The van der Waals surface area contributed by atoms with Gasteiger partial charge in [-0.25, -0.2) is 0 Å². The summed E-state index contributed by atoms with van der Waals surface area (Å²) in [5, 5.41) is 16.5. The van der Waals surface area contributed by atoms with E-state index in [0.29, 0.717) is 22.8 Å². The van der Waals surface area contributed by atoms with E-state index in [9.17, 15) is 5.11 Å². The molecule has 0 radical (unpaired) electrons. The molecule has 1 unspecified atom stereocenters. The highest BCUT2D eigenvalue weighted by molar-refractivity contribution is 7.16. The smallest absolute Gasteiger partial charge is 0.191 e. The van der Waals surface area contributed by atoms with E-state index < -0.39 is 6.10 Å². The topological polar surface area (TPSA) is 65.9 Å². The molecule has 1 aromatic rings. The maximum Gasteiger partial charge on any atom is 0.191 e. The van der Waals surface area contributed by atoms with Crippen molar-refractivity contribution < 1.29 is 9.84 Å². The van der Waals surface area contributed by atoms with Crippen molar-refractivity contribution in [3.05, 3.63) is 21.3 Å². The van der Waals surface area contributed by atoms with Crippen molar-refractivity contribution in [3.63, 3.8) is 0 Å². The second-order valence-electron chi connectivity index (χ2n) is 5.63. The lowest BCUT2D eigenvalue weighted by atomic mass is 10.2. The number of hydrogen-bond donors (Lipinski definition) is 3. The van der Waals surface area contributed by atoms with Crippen molar-refractivity contribution in [2.45, 2.75) is 33.3 Å². The summed E-state index contributed by atoms with van der Waals surface area (Å²) in [6.07, 6.45) is 0.289. The van der Waals surface area contributed by atoms with Crippen molar-refractivity contribution in [2.24, 2.45) is 10.9 Å². The maximum atomic E-state index is 10.1. The van der Waals surface area contributed by atoms with Crippen molar-refractivity contribution in [2.75, 3.05) is 32.8 Å². The van der Waals surface area contributed by atoms with Gasteiger partial charge in [0.2, 0.25) is 0 Å². The van der Waals surface area contributed by atoms with Crippen molar-refractivity contribution in [1.29, 1.82) is 0 Å². The molecule has 0 saturated heterocycles. The lowest BCUT2D eigenvalue weighted by Crippen LogP contribution is -2.38. The molecule has 0 aliphatic carbocycles. The Balaban J connectivity index is 2.32. The molecule has 0 aliphatic heterocycles. The van der Waals surface area contributed by atoms with Crippen LogP contribution in [0.3, 0.4) is 0 Å². The second-order valence-corrected chi connectivity index (χ2v) is 7.37. The molecule has 0 bridgehead atoms.